The van der Waals surface area contributed by atoms with Gasteiger partial charge in [0.15, 0.2) is 0 Å². The van der Waals surface area contributed by atoms with Gasteiger partial charge in [-0.2, -0.15) is 4.31 Å². The molecule has 150 valence electrons. The summed E-state index contributed by atoms with van der Waals surface area (Å²) in [6, 6.07) is 13.6. The molecule has 1 aliphatic heterocycles. The predicted octanol–water partition coefficient (Wildman–Crippen LogP) is 3.21. The number of anilines is 1. The highest BCUT2D eigenvalue weighted by Gasteiger charge is 2.29. The average Bonchev–Trinajstić information content (AvgIpc) is 2.68. The first kappa shape index (κ1) is 20.5. The first-order valence-corrected chi connectivity index (χ1v) is 10.9. The van der Waals surface area contributed by atoms with E-state index in [1.807, 2.05) is 24.3 Å². The third-order valence-corrected chi connectivity index (χ3v) is 6.79. The molecule has 0 radical (unpaired) electrons. The number of aliphatic hydroxyl groups is 1. The summed E-state index contributed by atoms with van der Waals surface area (Å²) in [5.41, 5.74) is 2.10. The number of benzene rings is 2. The molecular formula is C21H26N2O4S. The monoisotopic (exact) mass is 402 g/mol. The van der Waals surface area contributed by atoms with Crippen LogP contribution in [0, 0.1) is 0 Å². The van der Waals surface area contributed by atoms with E-state index in [-0.39, 0.29) is 22.9 Å². The van der Waals surface area contributed by atoms with Gasteiger partial charge in [-0.15, -0.1) is 0 Å². The van der Waals surface area contributed by atoms with E-state index in [0.717, 1.165) is 0 Å². The van der Waals surface area contributed by atoms with Gasteiger partial charge in [0.05, 0.1) is 11.0 Å². The van der Waals surface area contributed by atoms with Crippen molar-refractivity contribution in [3.63, 3.8) is 0 Å². The lowest BCUT2D eigenvalue weighted by atomic mass is 10.0. The lowest BCUT2D eigenvalue weighted by molar-refractivity contribution is 0.102. The van der Waals surface area contributed by atoms with Crippen LogP contribution in [-0.4, -0.2) is 42.9 Å². The quantitative estimate of drug-likeness (QED) is 0.804. The summed E-state index contributed by atoms with van der Waals surface area (Å²) in [5.74, 6) is 0.0352. The second-order valence-corrected chi connectivity index (χ2v) is 9.36. The van der Waals surface area contributed by atoms with E-state index in [1.54, 1.807) is 12.1 Å². The first-order chi connectivity index (χ1) is 13.3. The topological polar surface area (TPSA) is 86.7 Å². The van der Waals surface area contributed by atoms with Crippen molar-refractivity contribution in [1.82, 2.24) is 4.31 Å². The number of hydrogen-bond acceptors (Lipinski definition) is 4. The smallest absolute Gasteiger partial charge is 0.255 e. The fraction of sp³-hybridized carbons (Fsp3) is 0.381. The van der Waals surface area contributed by atoms with Crippen LogP contribution in [0.4, 0.5) is 5.69 Å². The number of sulfonamides is 1. The molecule has 28 heavy (non-hydrogen) atoms. The molecule has 1 saturated heterocycles. The van der Waals surface area contributed by atoms with E-state index in [1.165, 1.54) is 22.0 Å². The van der Waals surface area contributed by atoms with Gasteiger partial charge in [0.25, 0.3) is 5.91 Å². The van der Waals surface area contributed by atoms with Crippen LogP contribution in [0.3, 0.4) is 0 Å². The second kappa shape index (κ2) is 8.43. The van der Waals surface area contributed by atoms with Gasteiger partial charge >= 0.3 is 0 Å². The van der Waals surface area contributed by atoms with Crippen molar-refractivity contribution < 1.29 is 18.3 Å². The largest absolute Gasteiger partial charge is 0.392 e. The van der Waals surface area contributed by atoms with Crippen LogP contribution >= 0.6 is 0 Å². The second-order valence-electron chi connectivity index (χ2n) is 7.42. The molecule has 2 N–H and O–H groups in total. The van der Waals surface area contributed by atoms with E-state index in [9.17, 15) is 18.3 Å². The molecule has 0 aromatic heterocycles. The molecule has 0 saturated carbocycles. The molecule has 0 spiro atoms. The van der Waals surface area contributed by atoms with E-state index >= 15 is 0 Å². The Morgan fingerprint density at radius 2 is 1.89 bits per heavy atom. The van der Waals surface area contributed by atoms with E-state index in [2.05, 4.69) is 19.2 Å². The maximum atomic E-state index is 12.9. The molecule has 2 aromatic carbocycles. The Kier molecular flexibility index (Phi) is 6.17. The van der Waals surface area contributed by atoms with Crippen molar-refractivity contribution >= 4 is 21.6 Å². The van der Waals surface area contributed by atoms with Crippen molar-refractivity contribution in [2.45, 2.75) is 43.6 Å². The van der Waals surface area contributed by atoms with Gasteiger partial charge in [-0.3, -0.25) is 4.79 Å². The Hall–Kier alpha value is -2.22. The maximum Gasteiger partial charge on any atom is 0.255 e. The normalized spacial score (nSPS) is 18.2. The number of piperidine rings is 1. The molecule has 2 aromatic rings. The molecule has 7 heteroatoms. The van der Waals surface area contributed by atoms with Gasteiger partial charge in [0.2, 0.25) is 10.0 Å². The van der Waals surface area contributed by atoms with Gasteiger partial charge in [-0.25, -0.2) is 8.42 Å². The maximum absolute atomic E-state index is 12.9. The lowest BCUT2D eigenvalue weighted by Gasteiger charge is -2.29. The number of nitrogens with zero attached hydrogens (tertiary/aromatic N) is 1. The van der Waals surface area contributed by atoms with Crippen molar-refractivity contribution in [2.75, 3.05) is 18.4 Å². The van der Waals surface area contributed by atoms with Crippen molar-refractivity contribution in [1.29, 1.82) is 0 Å². The van der Waals surface area contributed by atoms with E-state index in [0.29, 0.717) is 31.0 Å². The van der Waals surface area contributed by atoms with E-state index < -0.39 is 16.1 Å². The Morgan fingerprint density at radius 3 is 2.54 bits per heavy atom. The molecule has 1 unspecified atom stereocenters. The fourth-order valence-corrected chi connectivity index (χ4v) is 4.80. The van der Waals surface area contributed by atoms with Crippen molar-refractivity contribution in [2.24, 2.45) is 0 Å². The minimum atomic E-state index is -3.75. The summed E-state index contributed by atoms with van der Waals surface area (Å²) in [6.45, 7) is 4.65. The molecule has 1 atom stereocenters. The number of nitrogens with one attached hydrogen (secondary N) is 1. The standard InChI is InChI=1S/C21H26N2O4S/c1-15(2)16-8-10-18(11-9-16)22-21(25)17-5-3-7-20(13-17)28(26,27)23-12-4-6-19(24)14-23/h3,5,7-11,13,15,19,24H,4,6,12,14H2,1-2H3,(H,22,25). The van der Waals surface area contributed by atoms with Crippen LogP contribution in [0.5, 0.6) is 0 Å². The number of carbonyl (C=O) groups is 1. The molecule has 1 heterocycles. The zero-order valence-electron chi connectivity index (χ0n) is 16.1. The van der Waals surface area contributed by atoms with Crippen LogP contribution in [0.1, 0.15) is 48.5 Å². The van der Waals surface area contributed by atoms with Crippen LogP contribution in [0.15, 0.2) is 53.4 Å². The highest BCUT2D eigenvalue weighted by Crippen LogP contribution is 2.22. The summed E-state index contributed by atoms with van der Waals surface area (Å²) >= 11 is 0. The number of rotatable bonds is 5. The molecule has 1 amide bonds. The van der Waals surface area contributed by atoms with Crippen LogP contribution in [-0.2, 0) is 10.0 Å². The van der Waals surface area contributed by atoms with Gasteiger partial charge < -0.3 is 10.4 Å². The van der Waals surface area contributed by atoms with Crippen molar-refractivity contribution in [3.05, 3.63) is 59.7 Å². The van der Waals surface area contributed by atoms with Crippen LogP contribution in [0.2, 0.25) is 0 Å². The zero-order valence-corrected chi connectivity index (χ0v) is 16.9. The number of β-amino-alcohol motifs (C(OH)–C–C–N with tert-alkyl or cyclic N) is 1. The Balaban J connectivity index is 1.77. The Bertz CT molecular complexity index is 939. The van der Waals surface area contributed by atoms with Gasteiger partial charge in [0.1, 0.15) is 0 Å². The van der Waals surface area contributed by atoms with Gasteiger partial charge in [-0.1, -0.05) is 32.0 Å². The molecule has 6 nitrogen and oxygen atoms in total. The highest BCUT2D eigenvalue weighted by molar-refractivity contribution is 7.89. The molecule has 1 fully saturated rings. The summed E-state index contributed by atoms with van der Waals surface area (Å²) < 4.78 is 27.0. The molecule has 3 rings (SSSR count). The summed E-state index contributed by atoms with van der Waals surface area (Å²) in [4.78, 5) is 12.6. The average molecular weight is 403 g/mol. The molecule has 1 aliphatic rings. The molecule has 0 aliphatic carbocycles. The first-order valence-electron chi connectivity index (χ1n) is 9.47. The van der Waals surface area contributed by atoms with Crippen LogP contribution < -0.4 is 5.32 Å². The molecular weight excluding hydrogens is 376 g/mol. The zero-order chi connectivity index (χ0) is 20.3. The fourth-order valence-electron chi connectivity index (χ4n) is 3.24. The molecule has 0 bridgehead atoms. The van der Waals surface area contributed by atoms with Gasteiger partial charge in [-0.05, 0) is 54.7 Å². The van der Waals surface area contributed by atoms with Crippen molar-refractivity contribution in [3.8, 4) is 0 Å². The van der Waals surface area contributed by atoms with Crippen LogP contribution in [0.25, 0.3) is 0 Å². The Labute approximate surface area is 166 Å². The summed E-state index contributed by atoms with van der Waals surface area (Å²) in [6.07, 6.45) is 0.570. The minimum Gasteiger partial charge on any atom is -0.392 e. The summed E-state index contributed by atoms with van der Waals surface area (Å²) in [7, 11) is -3.75. The van der Waals surface area contributed by atoms with E-state index in [4.69, 9.17) is 0 Å². The third-order valence-electron chi connectivity index (χ3n) is 4.93. The third kappa shape index (κ3) is 4.60. The van der Waals surface area contributed by atoms with Gasteiger partial charge in [0, 0.05) is 24.3 Å². The number of hydrogen-bond donors (Lipinski definition) is 2. The summed E-state index contributed by atoms with van der Waals surface area (Å²) in [5, 5.41) is 12.6. The number of carbonyl (C=O) groups excluding carboxylic acids is 1. The highest BCUT2D eigenvalue weighted by atomic mass is 32.2. The predicted molar refractivity (Wildman–Crippen MR) is 109 cm³/mol. The lowest BCUT2D eigenvalue weighted by Crippen LogP contribution is -2.42. The SMILES string of the molecule is CC(C)c1ccc(NC(=O)c2cccc(S(=O)(=O)N3CCCC(O)C3)c2)cc1. The Morgan fingerprint density at radius 1 is 1.18 bits per heavy atom. The minimum absolute atomic E-state index is 0.0596. The number of aliphatic hydroxyl groups excluding tert-OH is 1. The number of amides is 1.